The van der Waals surface area contributed by atoms with E-state index in [4.69, 9.17) is 4.74 Å². The summed E-state index contributed by atoms with van der Waals surface area (Å²) >= 11 is 0. The summed E-state index contributed by atoms with van der Waals surface area (Å²) in [5.41, 5.74) is 3.11. The first kappa shape index (κ1) is 20.9. The number of piperidine rings is 1. The molecule has 2 fully saturated rings. The Bertz CT molecular complexity index is 976. The first-order valence-electron chi connectivity index (χ1n) is 11.1. The minimum Gasteiger partial charge on any atom is -0.381 e. The molecule has 0 bridgehead atoms. The maximum atomic E-state index is 13.4. The minimum atomic E-state index is -0.229. The molecule has 1 aromatic heterocycles. The number of nitrogens with zero attached hydrogens (tertiary/aromatic N) is 2. The predicted molar refractivity (Wildman–Crippen MR) is 118 cm³/mol. The fourth-order valence-electron chi connectivity index (χ4n) is 4.77. The van der Waals surface area contributed by atoms with E-state index in [9.17, 15) is 9.59 Å². The number of ether oxygens (including phenoxy) is 1. The molecule has 2 aliphatic rings. The number of benzene rings is 1. The van der Waals surface area contributed by atoms with Crippen LogP contribution in [0.4, 0.5) is 0 Å². The van der Waals surface area contributed by atoms with Crippen molar-refractivity contribution in [2.45, 2.75) is 52.4 Å². The van der Waals surface area contributed by atoms with Gasteiger partial charge in [-0.15, -0.1) is 0 Å². The van der Waals surface area contributed by atoms with Crippen LogP contribution in [0, 0.1) is 12.3 Å². The van der Waals surface area contributed by atoms with Gasteiger partial charge < -0.3 is 9.64 Å². The maximum absolute atomic E-state index is 13.4. The van der Waals surface area contributed by atoms with Crippen molar-refractivity contribution in [1.29, 1.82) is 0 Å². The Morgan fingerprint density at radius 1 is 1.07 bits per heavy atom. The van der Waals surface area contributed by atoms with Crippen molar-refractivity contribution in [3.8, 4) is 5.69 Å². The van der Waals surface area contributed by atoms with E-state index in [-0.39, 0.29) is 11.5 Å². The van der Waals surface area contributed by atoms with Crippen LogP contribution in [0.15, 0.2) is 41.3 Å². The van der Waals surface area contributed by atoms with Crippen LogP contribution in [0.5, 0.6) is 0 Å². The quantitative estimate of drug-likeness (QED) is 0.761. The monoisotopic (exact) mass is 408 g/mol. The lowest BCUT2D eigenvalue weighted by Gasteiger charge is -2.44. The molecule has 3 heterocycles. The number of rotatable bonds is 3. The van der Waals surface area contributed by atoms with Gasteiger partial charge in [0.05, 0.1) is 0 Å². The van der Waals surface area contributed by atoms with E-state index < -0.39 is 0 Å². The van der Waals surface area contributed by atoms with Gasteiger partial charge in [-0.2, -0.15) is 0 Å². The zero-order valence-corrected chi connectivity index (χ0v) is 18.3. The normalized spacial score (nSPS) is 18.7. The molecule has 4 rings (SSSR count). The van der Waals surface area contributed by atoms with Crippen LogP contribution in [0.3, 0.4) is 0 Å². The van der Waals surface area contributed by atoms with Gasteiger partial charge in [-0.1, -0.05) is 26.0 Å². The number of carbonyl (C=O) groups excluding carboxylic acids is 1. The van der Waals surface area contributed by atoms with Crippen LogP contribution in [0.1, 0.15) is 66.9 Å². The molecular weight excluding hydrogens is 376 g/mol. The number of likely N-dealkylation sites (tertiary alicyclic amines) is 1. The average Bonchev–Trinajstić information content (AvgIpc) is 2.75. The molecule has 1 spiro atoms. The first-order valence-corrected chi connectivity index (χ1v) is 11.1. The summed E-state index contributed by atoms with van der Waals surface area (Å²) in [6, 6.07) is 9.87. The van der Waals surface area contributed by atoms with Crippen LogP contribution in [-0.2, 0) is 4.74 Å². The van der Waals surface area contributed by atoms with E-state index >= 15 is 0 Å². The lowest BCUT2D eigenvalue weighted by atomic mass is 9.72. The number of pyridine rings is 1. The van der Waals surface area contributed by atoms with Crippen LogP contribution in [0.2, 0.25) is 0 Å². The summed E-state index contributed by atoms with van der Waals surface area (Å²) in [5.74, 6) is 0.242. The number of hydrogen-bond donors (Lipinski definition) is 0. The van der Waals surface area contributed by atoms with Gasteiger partial charge >= 0.3 is 0 Å². The third-order valence-corrected chi connectivity index (χ3v) is 6.99. The van der Waals surface area contributed by atoms with Crippen molar-refractivity contribution in [2.24, 2.45) is 5.41 Å². The van der Waals surface area contributed by atoms with E-state index in [0.717, 1.165) is 63.2 Å². The highest BCUT2D eigenvalue weighted by atomic mass is 16.5. The summed E-state index contributed by atoms with van der Waals surface area (Å²) < 4.78 is 7.13. The largest absolute Gasteiger partial charge is 0.381 e. The second-order valence-corrected chi connectivity index (χ2v) is 9.20. The highest BCUT2D eigenvalue weighted by Gasteiger charge is 2.38. The van der Waals surface area contributed by atoms with Crippen molar-refractivity contribution in [3.63, 3.8) is 0 Å². The summed E-state index contributed by atoms with van der Waals surface area (Å²) in [6.45, 7) is 9.21. The molecule has 0 radical (unpaired) electrons. The molecule has 160 valence electrons. The Morgan fingerprint density at radius 2 is 1.77 bits per heavy atom. The zero-order valence-electron chi connectivity index (χ0n) is 18.3. The second kappa shape index (κ2) is 8.38. The summed E-state index contributed by atoms with van der Waals surface area (Å²) in [5, 5.41) is 0. The van der Waals surface area contributed by atoms with Crippen molar-refractivity contribution in [1.82, 2.24) is 9.47 Å². The number of hydrogen-bond acceptors (Lipinski definition) is 3. The molecule has 2 aliphatic heterocycles. The van der Waals surface area contributed by atoms with Crippen LogP contribution in [0.25, 0.3) is 5.69 Å². The fourth-order valence-corrected chi connectivity index (χ4v) is 4.77. The highest BCUT2D eigenvalue weighted by molar-refractivity contribution is 5.95. The molecule has 2 saturated heterocycles. The van der Waals surface area contributed by atoms with Crippen molar-refractivity contribution < 1.29 is 9.53 Å². The van der Waals surface area contributed by atoms with E-state index in [1.54, 1.807) is 10.8 Å². The fraction of sp³-hybridized carbons (Fsp3) is 0.520. The standard InChI is InChI=1S/C25H32N2O3/c1-18(2)20-5-4-6-21(17-20)27-12-7-19(3)22(24(27)29)23(28)26-13-8-25(9-14-26)10-15-30-16-11-25/h4-7,12,17-18H,8-11,13-16H2,1-3H3. The van der Waals surface area contributed by atoms with Gasteiger partial charge in [-0.25, -0.2) is 0 Å². The Morgan fingerprint density at radius 3 is 2.43 bits per heavy atom. The molecule has 30 heavy (non-hydrogen) atoms. The lowest BCUT2D eigenvalue weighted by molar-refractivity contribution is -0.0175. The van der Waals surface area contributed by atoms with E-state index in [2.05, 4.69) is 19.9 Å². The van der Waals surface area contributed by atoms with E-state index in [1.807, 2.05) is 36.1 Å². The molecule has 2 aromatic rings. The first-order chi connectivity index (χ1) is 14.4. The molecule has 5 nitrogen and oxygen atoms in total. The molecule has 0 aliphatic carbocycles. The average molecular weight is 409 g/mol. The molecule has 0 saturated carbocycles. The number of amides is 1. The van der Waals surface area contributed by atoms with E-state index in [1.165, 1.54) is 5.56 Å². The molecule has 0 unspecified atom stereocenters. The SMILES string of the molecule is Cc1ccn(-c2cccc(C(C)C)c2)c(=O)c1C(=O)N1CCC2(CCOCC2)CC1. The van der Waals surface area contributed by atoms with Gasteiger partial charge in [0.25, 0.3) is 11.5 Å². The Hall–Kier alpha value is -2.40. The van der Waals surface area contributed by atoms with Gasteiger partial charge in [0, 0.05) is 38.2 Å². The maximum Gasteiger partial charge on any atom is 0.268 e. The molecule has 5 heteroatoms. The lowest BCUT2D eigenvalue weighted by Crippen LogP contribution is -2.46. The minimum absolute atomic E-state index is 0.131. The van der Waals surface area contributed by atoms with E-state index in [0.29, 0.717) is 16.9 Å². The smallest absolute Gasteiger partial charge is 0.268 e. The van der Waals surface area contributed by atoms with Gasteiger partial charge in [-0.05, 0) is 73.3 Å². The number of carbonyl (C=O) groups is 1. The van der Waals surface area contributed by atoms with Crippen molar-refractivity contribution in [3.05, 3.63) is 63.6 Å². The van der Waals surface area contributed by atoms with Crippen LogP contribution in [-0.4, -0.2) is 41.7 Å². The molecule has 1 amide bonds. The third-order valence-electron chi connectivity index (χ3n) is 6.99. The van der Waals surface area contributed by atoms with Crippen molar-refractivity contribution >= 4 is 5.91 Å². The highest BCUT2D eigenvalue weighted by Crippen LogP contribution is 2.40. The zero-order chi connectivity index (χ0) is 21.3. The Balaban J connectivity index is 1.60. The molecule has 0 N–H and O–H groups in total. The van der Waals surface area contributed by atoms with Crippen molar-refractivity contribution in [2.75, 3.05) is 26.3 Å². The Labute approximate surface area is 178 Å². The van der Waals surface area contributed by atoms with Crippen LogP contribution >= 0.6 is 0 Å². The van der Waals surface area contributed by atoms with Gasteiger partial charge in [0.1, 0.15) is 5.56 Å². The van der Waals surface area contributed by atoms with Gasteiger partial charge in [0.15, 0.2) is 0 Å². The van der Waals surface area contributed by atoms with Gasteiger partial charge in [-0.3, -0.25) is 14.2 Å². The Kier molecular flexibility index (Phi) is 5.83. The summed E-state index contributed by atoms with van der Waals surface area (Å²) in [7, 11) is 0. The number of aromatic nitrogens is 1. The number of aryl methyl sites for hydroxylation is 1. The third kappa shape index (κ3) is 3.95. The molecular formula is C25H32N2O3. The topological polar surface area (TPSA) is 51.5 Å². The predicted octanol–water partition coefficient (Wildman–Crippen LogP) is 4.30. The van der Waals surface area contributed by atoms with Gasteiger partial charge in [0.2, 0.25) is 0 Å². The molecule has 0 atom stereocenters. The van der Waals surface area contributed by atoms with Crippen LogP contribution < -0.4 is 5.56 Å². The summed E-state index contributed by atoms with van der Waals surface area (Å²) in [4.78, 5) is 28.6. The molecule has 1 aromatic carbocycles. The second-order valence-electron chi connectivity index (χ2n) is 9.20. The summed E-state index contributed by atoms with van der Waals surface area (Å²) in [6.07, 6.45) is 5.94.